The molecule has 0 unspecified atom stereocenters. The van der Waals surface area contributed by atoms with Gasteiger partial charge in [-0.3, -0.25) is 15.6 Å². The zero-order valence-corrected chi connectivity index (χ0v) is 17.4. The third-order valence-corrected chi connectivity index (χ3v) is 5.65. The minimum absolute atomic E-state index is 0.112. The van der Waals surface area contributed by atoms with E-state index < -0.39 is 0 Å². The molecule has 0 aliphatic heterocycles. The summed E-state index contributed by atoms with van der Waals surface area (Å²) in [6.45, 7) is 4.54. The van der Waals surface area contributed by atoms with Crippen molar-refractivity contribution in [1.29, 1.82) is 0 Å². The van der Waals surface area contributed by atoms with Gasteiger partial charge in [0.2, 0.25) is 5.91 Å². The van der Waals surface area contributed by atoms with Crippen molar-refractivity contribution in [2.45, 2.75) is 52.0 Å². The second-order valence-corrected chi connectivity index (χ2v) is 7.62. The van der Waals surface area contributed by atoms with Crippen molar-refractivity contribution in [3.63, 3.8) is 0 Å². The highest BCUT2D eigenvalue weighted by Crippen LogP contribution is 2.29. The second-order valence-electron chi connectivity index (χ2n) is 7.21. The van der Waals surface area contributed by atoms with E-state index >= 15 is 0 Å². The minimum Gasteiger partial charge on any atom is -0.493 e. The summed E-state index contributed by atoms with van der Waals surface area (Å²) in [5.74, 6) is 2.48. The maximum atomic E-state index is 12.1. The molecular weight excluding hydrogens is 362 g/mol. The summed E-state index contributed by atoms with van der Waals surface area (Å²) in [6, 6.07) is 6.02. The van der Waals surface area contributed by atoms with E-state index in [0.29, 0.717) is 47.3 Å². The zero-order chi connectivity index (χ0) is 19.8. The summed E-state index contributed by atoms with van der Waals surface area (Å²) in [5.41, 5.74) is 6.50. The van der Waals surface area contributed by atoms with Gasteiger partial charge in [0, 0.05) is 12.5 Å². The van der Waals surface area contributed by atoms with E-state index in [4.69, 9.17) is 21.7 Å². The lowest BCUT2D eigenvalue weighted by Gasteiger charge is -2.35. The molecule has 1 fully saturated rings. The van der Waals surface area contributed by atoms with Crippen LogP contribution in [0.2, 0.25) is 0 Å². The van der Waals surface area contributed by atoms with Gasteiger partial charge in [-0.1, -0.05) is 32.8 Å². The molecule has 0 bridgehead atoms. The average Bonchev–Trinajstić information content (AvgIpc) is 2.68. The Balaban J connectivity index is 1.73. The number of hydrogen-bond acceptors (Lipinski definition) is 4. The molecule has 7 heteroatoms. The number of carbonyl (C=O) groups is 1. The Morgan fingerprint density at radius 2 is 1.89 bits per heavy atom. The van der Waals surface area contributed by atoms with Crippen molar-refractivity contribution in [2.24, 2.45) is 11.8 Å². The van der Waals surface area contributed by atoms with Crippen molar-refractivity contribution in [2.75, 3.05) is 14.2 Å². The summed E-state index contributed by atoms with van der Waals surface area (Å²) in [7, 11) is 3.20. The lowest BCUT2D eigenvalue weighted by molar-refractivity contribution is -0.121. The van der Waals surface area contributed by atoms with Gasteiger partial charge in [-0.05, 0) is 54.6 Å². The van der Waals surface area contributed by atoms with Gasteiger partial charge in [-0.2, -0.15) is 0 Å². The van der Waals surface area contributed by atoms with Crippen LogP contribution >= 0.6 is 12.2 Å². The van der Waals surface area contributed by atoms with Crippen LogP contribution in [0.1, 0.15) is 45.1 Å². The number of amides is 1. The van der Waals surface area contributed by atoms with Gasteiger partial charge in [-0.15, -0.1) is 0 Å². The van der Waals surface area contributed by atoms with Crippen LogP contribution in [0.3, 0.4) is 0 Å². The van der Waals surface area contributed by atoms with Gasteiger partial charge in [-0.25, -0.2) is 0 Å². The zero-order valence-electron chi connectivity index (χ0n) is 16.6. The van der Waals surface area contributed by atoms with Gasteiger partial charge >= 0.3 is 0 Å². The first-order chi connectivity index (χ1) is 12.9. The molecule has 3 atom stereocenters. The van der Waals surface area contributed by atoms with Crippen molar-refractivity contribution in [1.82, 2.24) is 16.2 Å². The van der Waals surface area contributed by atoms with Gasteiger partial charge < -0.3 is 14.8 Å². The molecule has 0 heterocycles. The molecule has 1 aromatic rings. The van der Waals surface area contributed by atoms with Crippen LogP contribution in [-0.4, -0.2) is 31.3 Å². The van der Waals surface area contributed by atoms with Crippen LogP contribution < -0.4 is 25.6 Å². The molecule has 1 aliphatic carbocycles. The summed E-state index contributed by atoms with van der Waals surface area (Å²) in [5, 5.41) is 3.80. The molecule has 27 heavy (non-hydrogen) atoms. The number of benzene rings is 1. The molecule has 1 amide bonds. The molecule has 0 spiro atoms. The largest absolute Gasteiger partial charge is 0.493 e. The quantitative estimate of drug-likeness (QED) is 0.510. The maximum absolute atomic E-state index is 12.1. The third kappa shape index (κ3) is 6.27. The number of hydrogen-bond donors (Lipinski definition) is 3. The first-order valence-electron chi connectivity index (χ1n) is 9.50. The Labute approximate surface area is 167 Å². The van der Waals surface area contributed by atoms with Gasteiger partial charge in [0.1, 0.15) is 0 Å². The normalized spacial score (nSPS) is 21.9. The number of hydrazine groups is 1. The number of aryl methyl sites for hydroxylation is 1. The average molecular weight is 394 g/mol. The number of thiocarbonyl (C=S) groups is 1. The highest BCUT2D eigenvalue weighted by Gasteiger charge is 2.27. The van der Waals surface area contributed by atoms with Crippen LogP contribution in [0.15, 0.2) is 18.2 Å². The highest BCUT2D eigenvalue weighted by atomic mass is 32.1. The van der Waals surface area contributed by atoms with Crippen molar-refractivity contribution in [3.8, 4) is 11.5 Å². The molecule has 1 saturated carbocycles. The molecule has 0 radical (unpaired) electrons. The Morgan fingerprint density at radius 1 is 1.15 bits per heavy atom. The number of rotatable bonds is 6. The fraction of sp³-hybridized carbons (Fsp3) is 0.600. The highest BCUT2D eigenvalue weighted by molar-refractivity contribution is 7.80. The lowest BCUT2D eigenvalue weighted by Crippen LogP contribution is -2.52. The van der Waals surface area contributed by atoms with Crippen LogP contribution in [0.5, 0.6) is 11.5 Å². The van der Waals surface area contributed by atoms with Gasteiger partial charge in [0.05, 0.1) is 14.2 Å². The number of nitrogens with one attached hydrogen (secondary N) is 3. The van der Waals surface area contributed by atoms with Crippen LogP contribution in [-0.2, 0) is 11.2 Å². The molecule has 3 N–H and O–H groups in total. The first-order valence-corrected chi connectivity index (χ1v) is 9.91. The van der Waals surface area contributed by atoms with E-state index in [2.05, 4.69) is 30.0 Å². The third-order valence-electron chi connectivity index (χ3n) is 5.43. The molecule has 1 aromatic carbocycles. The van der Waals surface area contributed by atoms with Crippen LogP contribution in [0.25, 0.3) is 0 Å². The predicted octanol–water partition coefficient (Wildman–Crippen LogP) is 2.96. The van der Waals surface area contributed by atoms with E-state index in [1.54, 1.807) is 14.2 Å². The van der Waals surface area contributed by atoms with Crippen LogP contribution in [0.4, 0.5) is 0 Å². The Bertz CT molecular complexity index is 653. The predicted molar refractivity (Wildman–Crippen MR) is 111 cm³/mol. The second kappa shape index (κ2) is 10.3. The molecule has 1 aliphatic rings. The summed E-state index contributed by atoms with van der Waals surface area (Å²) in [4.78, 5) is 12.1. The fourth-order valence-electron chi connectivity index (χ4n) is 3.47. The SMILES string of the molecule is COc1ccc(CCC(=O)NNC(=S)N[C@H]2CCC[C@H](C)[C@H]2C)cc1OC. The monoisotopic (exact) mass is 393 g/mol. The van der Waals surface area contributed by atoms with E-state index in [1.165, 1.54) is 12.8 Å². The number of carbonyl (C=O) groups excluding carboxylic acids is 1. The topological polar surface area (TPSA) is 71.6 Å². The molecular formula is C20H31N3O3S. The maximum Gasteiger partial charge on any atom is 0.238 e. The molecule has 0 aromatic heterocycles. The Hall–Kier alpha value is -2.02. The van der Waals surface area contributed by atoms with Gasteiger partial charge in [0.15, 0.2) is 16.6 Å². The smallest absolute Gasteiger partial charge is 0.238 e. The summed E-state index contributed by atoms with van der Waals surface area (Å²) >= 11 is 5.32. The minimum atomic E-state index is -0.112. The standard InChI is InChI=1S/C20H31N3O3S/c1-13-6-5-7-16(14(13)2)21-20(27)23-22-19(24)11-9-15-8-10-17(25-3)18(12-15)26-4/h8,10,12-14,16H,5-7,9,11H2,1-4H3,(H,22,24)(H2,21,23,27)/t13-,14+,16-/m0/s1. The van der Waals surface area contributed by atoms with E-state index in [0.717, 1.165) is 12.0 Å². The van der Waals surface area contributed by atoms with Gasteiger partial charge in [0.25, 0.3) is 0 Å². The number of methoxy groups -OCH3 is 2. The van der Waals surface area contributed by atoms with E-state index in [-0.39, 0.29) is 5.91 Å². The van der Waals surface area contributed by atoms with Crippen molar-refractivity contribution < 1.29 is 14.3 Å². The van der Waals surface area contributed by atoms with Crippen molar-refractivity contribution >= 4 is 23.2 Å². The fourth-order valence-corrected chi connectivity index (χ4v) is 3.68. The van der Waals surface area contributed by atoms with Crippen molar-refractivity contribution in [3.05, 3.63) is 23.8 Å². The Morgan fingerprint density at radius 3 is 2.59 bits per heavy atom. The molecule has 150 valence electrons. The number of ether oxygens (including phenoxy) is 2. The first kappa shape index (κ1) is 21.3. The molecule has 0 saturated heterocycles. The van der Waals surface area contributed by atoms with Crippen LogP contribution in [0, 0.1) is 11.8 Å². The van der Waals surface area contributed by atoms with E-state index in [1.807, 2.05) is 18.2 Å². The Kier molecular flexibility index (Phi) is 8.16. The van der Waals surface area contributed by atoms with E-state index in [9.17, 15) is 4.79 Å². The molecule has 6 nitrogen and oxygen atoms in total. The summed E-state index contributed by atoms with van der Waals surface area (Å²) in [6.07, 6.45) is 4.55. The molecule has 2 rings (SSSR count). The lowest BCUT2D eigenvalue weighted by atomic mass is 9.78. The summed E-state index contributed by atoms with van der Waals surface area (Å²) < 4.78 is 10.5.